The number of rotatable bonds is 0. The minimum absolute atomic E-state index is 0.176. The van der Waals surface area contributed by atoms with E-state index in [-0.39, 0.29) is 16.8 Å². The number of Topliss-reactive ketones (excluding diaryl/α,β-unsaturated/α-hetero) is 1. The normalized spacial score (nSPS) is 20.3. The van der Waals surface area contributed by atoms with Crippen LogP contribution in [0, 0.1) is 17.3 Å². The van der Waals surface area contributed by atoms with Crippen molar-refractivity contribution in [2.45, 2.75) is 26.9 Å². The van der Waals surface area contributed by atoms with Gasteiger partial charge in [-0.3, -0.25) is 4.79 Å². The molecule has 0 aromatic heterocycles. The first-order valence-corrected chi connectivity index (χ1v) is 6.10. The molecule has 0 spiro atoms. The van der Waals surface area contributed by atoms with Crippen LogP contribution in [-0.2, 0) is 0 Å². The average molecular weight is 256 g/mol. The van der Waals surface area contributed by atoms with Gasteiger partial charge in [-0.1, -0.05) is 24.0 Å². The second kappa shape index (κ2) is 4.81. The smallest absolute Gasteiger partial charge is 0.200 e. The van der Waals surface area contributed by atoms with Gasteiger partial charge in [-0.25, -0.2) is 0 Å². The lowest BCUT2D eigenvalue weighted by Gasteiger charge is -2.23. The number of aliphatic hydroxyl groups excluding tert-OH is 1. The van der Waals surface area contributed by atoms with Crippen molar-refractivity contribution in [1.82, 2.24) is 0 Å². The predicted molar refractivity (Wildman–Crippen MR) is 73.1 cm³/mol. The van der Waals surface area contributed by atoms with E-state index in [9.17, 15) is 9.90 Å². The quantitative estimate of drug-likeness (QED) is 0.440. The third kappa shape index (κ3) is 2.79. The summed E-state index contributed by atoms with van der Waals surface area (Å²) in [5.74, 6) is 6.21. The Bertz CT molecular complexity index is 594. The number of aliphatic hydroxyl groups is 1. The van der Waals surface area contributed by atoms with Crippen LogP contribution in [0.2, 0.25) is 0 Å². The minimum Gasteiger partial charge on any atom is -0.515 e. The maximum Gasteiger partial charge on any atom is 0.200 e. The number of carbonyl (C=O) groups excluding carboxylic acids is 1. The molecule has 0 bridgehead atoms. The van der Waals surface area contributed by atoms with E-state index in [2.05, 4.69) is 11.8 Å². The Hall–Kier alpha value is -2.21. The Morgan fingerprint density at radius 3 is 2.63 bits per heavy atom. The minimum atomic E-state index is -0.716. The molecule has 1 unspecified atom stereocenters. The maximum absolute atomic E-state index is 12.2. The van der Waals surface area contributed by atoms with Crippen LogP contribution < -0.4 is 4.74 Å². The second-order valence-corrected chi connectivity index (χ2v) is 5.43. The van der Waals surface area contributed by atoms with Crippen molar-refractivity contribution < 1.29 is 14.6 Å². The summed E-state index contributed by atoms with van der Waals surface area (Å²) in [4.78, 5) is 12.2. The molecule has 0 aliphatic carbocycles. The van der Waals surface area contributed by atoms with Crippen molar-refractivity contribution in [2.24, 2.45) is 5.41 Å². The van der Waals surface area contributed by atoms with Gasteiger partial charge in [-0.05, 0) is 32.9 Å². The van der Waals surface area contributed by atoms with Crippen molar-refractivity contribution in [3.63, 3.8) is 0 Å². The Kier molecular flexibility index (Phi) is 3.35. The molecule has 1 aliphatic heterocycles. The average Bonchev–Trinajstić information content (AvgIpc) is 2.36. The maximum atomic E-state index is 12.2. The van der Waals surface area contributed by atoms with Crippen molar-refractivity contribution in [1.29, 1.82) is 0 Å². The number of hydrogen-bond donors (Lipinski definition) is 1. The topological polar surface area (TPSA) is 46.5 Å². The van der Waals surface area contributed by atoms with E-state index < -0.39 is 6.10 Å². The van der Waals surface area contributed by atoms with Crippen molar-refractivity contribution in [3.05, 3.63) is 41.7 Å². The highest BCUT2D eigenvalue weighted by atomic mass is 16.5. The number of para-hydroxylation sites is 1. The standard InChI is InChI=1S/C16H16O3/c1-16(2,3)9-8-14-12(10-17)15(18)11-6-4-5-7-13(11)19-14/h4-7,10,14,17H,1-3H3/b12-10+. The molecule has 0 saturated carbocycles. The van der Waals surface area contributed by atoms with E-state index in [1.54, 1.807) is 24.3 Å². The number of hydrogen-bond acceptors (Lipinski definition) is 3. The Morgan fingerprint density at radius 1 is 1.32 bits per heavy atom. The highest BCUT2D eigenvalue weighted by molar-refractivity contribution is 6.12. The largest absolute Gasteiger partial charge is 0.515 e. The molecule has 1 N–H and O–H groups in total. The van der Waals surface area contributed by atoms with Gasteiger partial charge in [0.05, 0.1) is 17.4 Å². The second-order valence-electron chi connectivity index (χ2n) is 5.43. The van der Waals surface area contributed by atoms with Crippen molar-refractivity contribution in [2.75, 3.05) is 0 Å². The van der Waals surface area contributed by atoms with Crippen LogP contribution in [0.1, 0.15) is 31.1 Å². The van der Waals surface area contributed by atoms with E-state index in [0.29, 0.717) is 11.3 Å². The molecule has 1 aliphatic rings. The van der Waals surface area contributed by atoms with E-state index in [0.717, 1.165) is 6.26 Å². The van der Waals surface area contributed by atoms with E-state index in [4.69, 9.17) is 4.74 Å². The lowest BCUT2D eigenvalue weighted by atomic mass is 9.93. The van der Waals surface area contributed by atoms with Crippen LogP contribution in [0.4, 0.5) is 0 Å². The van der Waals surface area contributed by atoms with E-state index in [1.807, 2.05) is 20.8 Å². The highest BCUT2D eigenvalue weighted by Crippen LogP contribution is 2.30. The molecule has 1 heterocycles. The van der Waals surface area contributed by atoms with Crippen LogP contribution in [0.15, 0.2) is 36.1 Å². The lowest BCUT2D eigenvalue weighted by molar-refractivity contribution is 0.0978. The molecule has 1 atom stereocenters. The molecule has 1 aromatic carbocycles. The fourth-order valence-electron chi connectivity index (χ4n) is 1.74. The third-order valence-corrected chi connectivity index (χ3v) is 2.64. The van der Waals surface area contributed by atoms with Gasteiger partial charge in [-0.15, -0.1) is 0 Å². The molecule has 0 fully saturated rings. The van der Waals surface area contributed by atoms with Crippen LogP contribution in [0.25, 0.3) is 0 Å². The van der Waals surface area contributed by atoms with Crippen molar-refractivity contribution in [3.8, 4) is 17.6 Å². The fraction of sp³-hybridized carbons (Fsp3) is 0.312. The first-order valence-electron chi connectivity index (χ1n) is 6.10. The predicted octanol–water partition coefficient (Wildman–Crippen LogP) is 3.12. The van der Waals surface area contributed by atoms with Crippen LogP contribution in [0.5, 0.6) is 5.75 Å². The van der Waals surface area contributed by atoms with Gasteiger partial charge in [0, 0.05) is 5.41 Å². The summed E-state index contributed by atoms with van der Waals surface area (Å²) < 4.78 is 5.68. The summed E-state index contributed by atoms with van der Waals surface area (Å²) >= 11 is 0. The summed E-state index contributed by atoms with van der Waals surface area (Å²) in [5, 5.41) is 9.26. The first kappa shape index (κ1) is 13.2. The van der Waals surface area contributed by atoms with Gasteiger partial charge >= 0.3 is 0 Å². The number of benzene rings is 1. The number of ether oxygens (including phenoxy) is 1. The molecule has 3 nitrogen and oxygen atoms in total. The highest BCUT2D eigenvalue weighted by Gasteiger charge is 2.31. The van der Waals surface area contributed by atoms with E-state index >= 15 is 0 Å². The molecule has 2 rings (SSSR count). The summed E-state index contributed by atoms with van der Waals surface area (Å²) in [6.45, 7) is 5.92. The zero-order chi connectivity index (χ0) is 14.0. The monoisotopic (exact) mass is 256 g/mol. The molecule has 1 aromatic rings. The summed E-state index contributed by atoms with van der Waals surface area (Å²) in [6, 6.07) is 6.96. The van der Waals surface area contributed by atoms with Gasteiger partial charge in [0.2, 0.25) is 5.78 Å². The Labute approximate surface area is 112 Å². The zero-order valence-electron chi connectivity index (χ0n) is 11.2. The Morgan fingerprint density at radius 2 is 2.00 bits per heavy atom. The molecule has 3 heteroatoms. The molecule has 19 heavy (non-hydrogen) atoms. The summed E-state index contributed by atoms with van der Waals surface area (Å²) in [6.07, 6.45) is 0.0759. The molecular formula is C16H16O3. The number of fused-ring (bicyclic) bond motifs is 1. The van der Waals surface area contributed by atoms with Gasteiger partial charge in [0.25, 0.3) is 0 Å². The van der Waals surface area contributed by atoms with Crippen LogP contribution in [-0.4, -0.2) is 17.0 Å². The third-order valence-electron chi connectivity index (χ3n) is 2.64. The molecule has 0 radical (unpaired) electrons. The zero-order valence-corrected chi connectivity index (χ0v) is 11.2. The number of carbonyl (C=O) groups is 1. The van der Waals surface area contributed by atoms with Crippen LogP contribution in [0.3, 0.4) is 0 Å². The molecular weight excluding hydrogens is 240 g/mol. The fourth-order valence-corrected chi connectivity index (χ4v) is 1.74. The van der Waals surface area contributed by atoms with Gasteiger partial charge in [0.15, 0.2) is 6.10 Å². The van der Waals surface area contributed by atoms with Gasteiger partial charge in [-0.2, -0.15) is 0 Å². The van der Waals surface area contributed by atoms with Gasteiger partial charge < -0.3 is 9.84 Å². The van der Waals surface area contributed by atoms with Crippen molar-refractivity contribution >= 4 is 5.78 Å². The number of ketones is 1. The lowest BCUT2D eigenvalue weighted by Crippen LogP contribution is -2.29. The van der Waals surface area contributed by atoms with Gasteiger partial charge in [0.1, 0.15) is 5.75 Å². The molecule has 0 saturated heterocycles. The van der Waals surface area contributed by atoms with E-state index in [1.165, 1.54) is 0 Å². The molecule has 98 valence electrons. The summed E-state index contributed by atoms with van der Waals surface area (Å²) in [7, 11) is 0. The summed E-state index contributed by atoms with van der Waals surface area (Å²) in [5.41, 5.74) is 0.441. The SMILES string of the molecule is CC(C)(C)C#CC1Oc2ccccc2C(=O)/C1=C/O. The first-order chi connectivity index (χ1) is 8.92. The Balaban J connectivity index is 2.42. The van der Waals surface area contributed by atoms with Crippen LogP contribution >= 0.6 is 0 Å². The molecule has 0 amide bonds.